The molecule has 1 aromatic carbocycles. The van der Waals surface area contributed by atoms with Gasteiger partial charge in [0.25, 0.3) is 5.56 Å². The molecular formula is C24H27N5O3S. The summed E-state index contributed by atoms with van der Waals surface area (Å²) in [7, 11) is 0. The first-order valence-electron chi connectivity index (χ1n) is 11.5. The molecule has 0 bridgehead atoms. The van der Waals surface area contributed by atoms with E-state index in [1.807, 2.05) is 24.3 Å². The van der Waals surface area contributed by atoms with E-state index in [-0.39, 0.29) is 29.2 Å². The number of amides is 1. The van der Waals surface area contributed by atoms with Crippen LogP contribution in [-0.2, 0) is 4.79 Å². The van der Waals surface area contributed by atoms with Crippen molar-refractivity contribution >= 4 is 34.4 Å². The van der Waals surface area contributed by atoms with Gasteiger partial charge in [-0.05, 0) is 50.2 Å². The maximum Gasteiger partial charge on any atom is 0.330 e. The van der Waals surface area contributed by atoms with Crippen molar-refractivity contribution in [3.63, 3.8) is 0 Å². The summed E-state index contributed by atoms with van der Waals surface area (Å²) in [4.78, 5) is 50.2. The molecule has 2 N–H and O–H groups in total. The fourth-order valence-corrected chi connectivity index (χ4v) is 4.93. The first kappa shape index (κ1) is 21.9. The van der Waals surface area contributed by atoms with E-state index in [4.69, 9.17) is 0 Å². The molecule has 2 aromatic heterocycles. The Hall–Kier alpha value is -2.94. The standard InChI is InChI=1S/C24H27N5O3S/c1-12(2)16-6-4-5-7-17(16)25-21(30)13(3)33-23-18-20(26-19(27-23)14-8-9-14)29(15-10-11-15)24(32)28-22(18)31/h4-7,12-15H,8-11H2,1-3H3,(H,25,30)(H,28,31,32). The van der Waals surface area contributed by atoms with Gasteiger partial charge in [-0.2, -0.15) is 0 Å². The van der Waals surface area contributed by atoms with Crippen molar-refractivity contribution in [2.75, 3.05) is 5.32 Å². The van der Waals surface area contributed by atoms with Crippen LogP contribution in [0.1, 0.15) is 75.7 Å². The number of rotatable bonds is 7. The number of aromatic amines is 1. The number of aromatic nitrogens is 4. The fraction of sp³-hybridized carbons (Fsp3) is 0.458. The van der Waals surface area contributed by atoms with Crippen LogP contribution in [0, 0.1) is 0 Å². The lowest BCUT2D eigenvalue weighted by Crippen LogP contribution is -2.31. The lowest BCUT2D eigenvalue weighted by molar-refractivity contribution is -0.115. The van der Waals surface area contributed by atoms with Crippen LogP contribution in [0.15, 0.2) is 38.9 Å². The number of thioether (sulfide) groups is 1. The third kappa shape index (κ3) is 4.34. The zero-order chi connectivity index (χ0) is 23.3. The Morgan fingerprint density at radius 1 is 1.12 bits per heavy atom. The van der Waals surface area contributed by atoms with Gasteiger partial charge in [-0.1, -0.05) is 43.8 Å². The molecule has 5 rings (SSSR count). The SMILES string of the molecule is CC(Sc1nc(C2CC2)nc2c1c(=O)[nH]c(=O)n2C1CC1)C(=O)Nc1ccccc1C(C)C. The molecule has 0 spiro atoms. The Balaban J connectivity index is 1.51. The number of carbonyl (C=O) groups is 1. The molecule has 8 nitrogen and oxygen atoms in total. The number of fused-ring (bicyclic) bond motifs is 1. The van der Waals surface area contributed by atoms with E-state index in [2.05, 4.69) is 34.1 Å². The van der Waals surface area contributed by atoms with Gasteiger partial charge in [0.1, 0.15) is 16.2 Å². The monoisotopic (exact) mass is 465 g/mol. The van der Waals surface area contributed by atoms with Crippen molar-refractivity contribution in [1.29, 1.82) is 0 Å². The smallest absolute Gasteiger partial charge is 0.325 e. The van der Waals surface area contributed by atoms with E-state index in [1.54, 1.807) is 11.5 Å². The average Bonchev–Trinajstić information content (AvgIpc) is 3.67. The van der Waals surface area contributed by atoms with Gasteiger partial charge in [0.15, 0.2) is 5.65 Å². The molecule has 2 heterocycles. The summed E-state index contributed by atoms with van der Waals surface area (Å²) < 4.78 is 1.60. The quantitative estimate of drug-likeness (QED) is 0.404. The highest BCUT2D eigenvalue weighted by atomic mass is 32.2. The summed E-state index contributed by atoms with van der Waals surface area (Å²) in [5.41, 5.74) is 1.31. The Morgan fingerprint density at radius 3 is 2.52 bits per heavy atom. The molecule has 0 saturated heterocycles. The maximum atomic E-state index is 13.1. The maximum absolute atomic E-state index is 13.1. The van der Waals surface area contributed by atoms with Crippen molar-refractivity contribution in [2.24, 2.45) is 0 Å². The molecule has 0 aliphatic heterocycles. The number of hydrogen-bond acceptors (Lipinski definition) is 6. The number of carbonyl (C=O) groups excluding carboxylic acids is 1. The highest BCUT2D eigenvalue weighted by Gasteiger charge is 2.33. The normalized spacial score (nSPS) is 16.8. The van der Waals surface area contributed by atoms with Gasteiger partial charge >= 0.3 is 5.69 Å². The van der Waals surface area contributed by atoms with Gasteiger partial charge in [0, 0.05) is 17.6 Å². The lowest BCUT2D eigenvalue weighted by Gasteiger charge is -2.17. The van der Waals surface area contributed by atoms with Crippen LogP contribution in [0.3, 0.4) is 0 Å². The predicted octanol–water partition coefficient (Wildman–Crippen LogP) is 3.93. The number of hydrogen-bond donors (Lipinski definition) is 2. The van der Waals surface area contributed by atoms with Crippen molar-refractivity contribution < 1.29 is 4.79 Å². The minimum absolute atomic E-state index is 0.0601. The molecule has 1 amide bonds. The summed E-state index contributed by atoms with van der Waals surface area (Å²) in [5, 5.41) is 3.27. The summed E-state index contributed by atoms with van der Waals surface area (Å²) in [6, 6.07) is 7.82. The van der Waals surface area contributed by atoms with Gasteiger partial charge in [0.05, 0.1) is 5.25 Å². The van der Waals surface area contributed by atoms with Crippen LogP contribution < -0.4 is 16.6 Å². The van der Waals surface area contributed by atoms with Crippen molar-refractivity contribution in [2.45, 2.75) is 74.6 Å². The van der Waals surface area contributed by atoms with Gasteiger partial charge in [0.2, 0.25) is 5.91 Å². The molecule has 1 atom stereocenters. The van der Waals surface area contributed by atoms with E-state index in [0.29, 0.717) is 16.5 Å². The largest absolute Gasteiger partial charge is 0.330 e. The van der Waals surface area contributed by atoms with Crippen LogP contribution in [0.2, 0.25) is 0 Å². The molecular weight excluding hydrogens is 438 g/mol. The minimum atomic E-state index is -0.505. The first-order valence-corrected chi connectivity index (χ1v) is 12.3. The van der Waals surface area contributed by atoms with E-state index in [1.165, 1.54) is 11.8 Å². The fourth-order valence-electron chi connectivity index (χ4n) is 3.98. The zero-order valence-electron chi connectivity index (χ0n) is 18.9. The molecule has 1 unspecified atom stereocenters. The molecule has 0 radical (unpaired) electrons. The topological polar surface area (TPSA) is 110 Å². The first-order chi connectivity index (χ1) is 15.8. The molecule has 3 aromatic rings. The van der Waals surface area contributed by atoms with E-state index < -0.39 is 16.5 Å². The second kappa shape index (κ2) is 8.44. The summed E-state index contributed by atoms with van der Waals surface area (Å²) in [6.45, 7) is 5.97. The van der Waals surface area contributed by atoms with Gasteiger partial charge < -0.3 is 5.32 Å². The van der Waals surface area contributed by atoms with Crippen LogP contribution in [0.25, 0.3) is 11.0 Å². The lowest BCUT2D eigenvalue weighted by atomic mass is 10.0. The van der Waals surface area contributed by atoms with Crippen LogP contribution in [0.4, 0.5) is 5.69 Å². The predicted molar refractivity (Wildman–Crippen MR) is 129 cm³/mol. The zero-order valence-corrected chi connectivity index (χ0v) is 19.7. The highest BCUT2D eigenvalue weighted by Crippen LogP contribution is 2.41. The molecule has 2 fully saturated rings. The van der Waals surface area contributed by atoms with Crippen LogP contribution >= 0.6 is 11.8 Å². The molecule has 2 saturated carbocycles. The molecule has 9 heteroatoms. The number of H-pyrrole nitrogens is 1. The summed E-state index contributed by atoms with van der Waals surface area (Å²) >= 11 is 1.24. The Morgan fingerprint density at radius 2 is 1.85 bits per heavy atom. The van der Waals surface area contributed by atoms with E-state index in [9.17, 15) is 14.4 Å². The molecule has 172 valence electrons. The third-order valence-electron chi connectivity index (χ3n) is 6.12. The Labute approximate surface area is 195 Å². The van der Waals surface area contributed by atoms with Crippen molar-refractivity contribution in [1.82, 2.24) is 19.5 Å². The second-order valence-electron chi connectivity index (χ2n) is 9.21. The second-order valence-corrected chi connectivity index (χ2v) is 10.5. The minimum Gasteiger partial charge on any atom is -0.325 e. The Kier molecular flexibility index (Phi) is 5.60. The Bertz CT molecular complexity index is 1350. The summed E-state index contributed by atoms with van der Waals surface area (Å²) in [6.07, 6.45) is 3.77. The third-order valence-corrected chi connectivity index (χ3v) is 7.21. The number of nitrogens with zero attached hydrogens (tertiary/aromatic N) is 3. The number of para-hydroxylation sites is 1. The van der Waals surface area contributed by atoms with Crippen LogP contribution in [0.5, 0.6) is 0 Å². The molecule has 33 heavy (non-hydrogen) atoms. The number of benzene rings is 1. The molecule has 2 aliphatic carbocycles. The molecule has 2 aliphatic rings. The number of nitrogens with one attached hydrogen (secondary N) is 2. The van der Waals surface area contributed by atoms with Gasteiger partial charge in [-0.3, -0.25) is 19.1 Å². The van der Waals surface area contributed by atoms with Gasteiger partial charge in [-0.15, -0.1) is 0 Å². The van der Waals surface area contributed by atoms with Crippen LogP contribution in [-0.4, -0.2) is 30.7 Å². The number of anilines is 1. The van der Waals surface area contributed by atoms with E-state index >= 15 is 0 Å². The van der Waals surface area contributed by atoms with Crippen molar-refractivity contribution in [3.8, 4) is 0 Å². The van der Waals surface area contributed by atoms with Gasteiger partial charge in [-0.25, -0.2) is 14.8 Å². The average molecular weight is 466 g/mol. The van der Waals surface area contributed by atoms with E-state index in [0.717, 1.165) is 36.9 Å². The summed E-state index contributed by atoms with van der Waals surface area (Å²) in [5.74, 6) is 1.01. The van der Waals surface area contributed by atoms with Crippen molar-refractivity contribution in [3.05, 3.63) is 56.5 Å². The highest BCUT2D eigenvalue weighted by molar-refractivity contribution is 8.00.